The Balaban J connectivity index is 2.18. The lowest BCUT2D eigenvalue weighted by Gasteiger charge is -2.34. The van der Waals surface area contributed by atoms with E-state index in [1.807, 2.05) is 12.1 Å². The van der Waals surface area contributed by atoms with E-state index < -0.39 is 0 Å². The molecule has 1 aromatic carbocycles. The third-order valence-electron chi connectivity index (χ3n) is 3.70. The van der Waals surface area contributed by atoms with Crippen molar-refractivity contribution in [3.05, 3.63) is 28.8 Å². The molecule has 2 rings (SSSR count). The molecule has 1 aliphatic heterocycles. The molecule has 1 aliphatic rings. The van der Waals surface area contributed by atoms with Gasteiger partial charge in [-0.05, 0) is 37.6 Å². The van der Waals surface area contributed by atoms with E-state index in [4.69, 9.17) is 21.1 Å². The van der Waals surface area contributed by atoms with Gasteiger partial charge in [0.25, 0.3) is 0 Å². The first-order valence-corrected chi connectivity index (χ1v) is 7.17. The fourth-order valence-corrected chi connectivity index (χ4v) is 2.87. The molecular weight excluding hydrogens is 278 g/mol. The molecule has 0 bridgehead atoms. The van der Waals surface area contributed by atoms with Crippen molar-refractivity contribution < 1.29 is 14.3 Å². The maximum Gasteiger partial charge on any atom is 0.323 e. The van der Waals surface area contributed by atoms with E-state index in [2.05, 4.69) is 4.90 Å². The Bertz CT molecular complexity index is 478. The van der Waals surface area contributed by atoms with E-state index in [9.17, 15) is 4.79 Å². The topological polar surface area (TPSA) is 38.8 Å². The van der Waals surface area contributed by atoms with Gasteiger partial charge >= 0.3 is 5.97 Å². The number of ether oxygens (including phenoxy) is 2. The summed E-state index contributed by atoms with van der Waals surface area (Å²) in [6, 6.07) is 5.38. The molecule has 1 heterocycles. The highest BCUT2D eigenvalue weighted by molar-refractivity contribution is 6.30. The summed E-state index contributed by atoms with van der Waals surface area (Å²) >= 11 is 6.05. The lowest BCUT2D eigenvalue weighted by molar-refractivity contribution is -0.148. The summed E-state index contributed by atoms with van der Waals surface area (Å²) in [5.41, 5.74) is 0.996. The van der Waals surface area contributed by atoms with Gasteiger partial charge < -0.3 is 9.47 Å². The second-order valence-corrected chi connectivity index (χ2v) is 5.40. The SMILES string of the molecule is COC(=O)[C@H]1CCCCN1Cc1cc(Cl)ccc1OC. The first-order valence-electron chi connectivity index (χ1n) is 6.80. The number of piperidine rings is 1. The second-order valence-electron chi connectivity index (χ2n) is 4.96. The summed E-state index contributed by atoms with van der Waals surface area (Å²) in [6.45, 7) is 1.53. The van der Waals surface area contributed by atoms with Gasteiger partial charge in [-0.1, -0.05) is 18.0 Å². The van der Waals surface area contributed by atoms with Crippen LogP contribution in [-0.4, -0.2) is 37.7 Å². The molecule has 0 aliphatic carbocycles. The quantitative estimate of drug-likeness (QED) is 0.801. The van der Waals surface area contributed by atoms with Crippen molar-refractivity contribution in [2.75, 3.05) is 20.8 Å². The van der Waals surface area contributed by atoms with Crippen molar-refractivity contribution in [1.29, 1.82) is 0 Å². The highest BCUT2D eigenvalue weighted by Crippen LogP contribution is 2.27. The summed E-state index contributed by atoms with van der Waals surface area (Å²) in [4.78, 5) is 14.0. The normalized spacial score (nSPS) is 19.6. The highest BCUT2D eigenvalue weighted by Gasteiger charge is 2.29. The fourth-order valence-electron chi connectivity index (χ4n) is 2.67. The molecule has 0 spiro atoms. The number of carbonyl (C=O) groups is 1. The molecule has 0 aromatic heterocycles. The van der Waals surface area contributed by atoms with Crippen molar-refractivity contribution in [2.24, 2.45) is 0 Å². The summed E-state index contributed by atoms with van der Waals surface area (Å²) in [5, 5.41) is 0.674. The van der Waals surface area contributed by atoms with Gasteiger partial charge in [0.15, 0.2) is 0 Å². The number of rotatable bonds is 4. The molecule has 0 saturated carbocycles. The van der Waals surface area contributed by atoms with Gasteiger partial charge in [-0.15, -0.1) is 0 Å². The van der Waals surface area contributed by atoms with Crippen LogP contribution in [0.1, 0.15) is 24.8 Å². The number of benzene rings is 1. The van der Waals surface area contributed by atoms with Crippen molar-refractivity contribution in [3.8, 4) is 5.75 Å². The van der Waals surface area contributed by atoms with E-state index in [0.717, 1.165) is 37.1 Å². The van der Waals surface area contributed by atoms with Crippen molar-refractivity contribution in [3.63, 3.8) is 0 Å². The molecule has 0 unspecified atom stereocenters. The van der Waals surface area contributed by atoms with Crippen LogP contribution in [0.25, 0.3) is 0 Å². The monoisotopic (exact) mass is 297 g/mol. The Morgan fingerprint density at radius 3 is 2.90 bits per heavy atom. The molecule has 1 saturated heterocycles. The van der Waals surface area contributed by atoms with E-state index >= 15 is 0 Å². The molecule has 1 atom stereocenters. The lowest BCUT2D eigenvalue weighted by atomic mass is 10.0. The minimum absolute atomic E-state index is 0.161. The van der Waals surface area contributed by atoms with E-state index in [0.29, 0.717) is 11.6 Å². The van der Waals surface area contributed by atoms with Crippen LogP contribution in [0.3, 0.4) is 0 Å². The Hall–Kier alpha value is -1.26. The average molecular weight is 298 g/mol. The zero-order chi connectivity index (χ0) is 14.5. The van der Waals surface area contributed by atoms with Gasteiger partial charge in [-0.25, -0.2) is 0 Å². The fraction of sp³-hybridized carbons (Fsp3) is 0.533. The molecule has 1 aromatic rings. The third-order valence-corrected chi connectivity index (χ3v) is 3.94. The number of hydrogen-bond donors (Lipinski definition) is 0. The maximum atomic E-state index is 11.9. The molecule has 5 heteroatoms. The number of nitrogens with zero attached hydrogens (tertiary/aromatic N) is 1. The number of carbonyl (C=O) groups excluding carboxylic acids is 1. The zero-order valence-corrected chi connectivity index (χ0v) is 12.7. The molecule has 0 amide bonds. The largest absolute Gasteiger partial charge is 0.496 e. The molecule has 20 heavy (non-hydrogen) atoms. The van der Waals surface area contributed by atoms with Gasteiger partial charge in [-0.2, -0.15) is 0 Å². The minimum Gasteiger partial charge on any atom is -0.496 e. The Morgan fingerprint density at radius 1 is 1.40 bits per heavy atom. The number of halogens is 1. The average Bonchev–Trinajstić information content (AvgIpc) is 2.47. The smallest absolute Gasteiger partial charge is 0.323 e. The molecule has 0 radical (unpaired) electrons. The predicted octanol–water partition coefficient (Wildman–Crippen LogP) is 2.88. The molecule has 0 N–H and O–H groups in total. The van der Waals surface area contributed by atoms with Crippen LogP contribution >= 0.6 is 11.6 Å². The molecule has 1 fully saturated rings. The van der Waals surface area contributed by atoms with Gasteiger partial charge in [0.1, 0.15) is 11.8 Å². The summed E-state index contributed by atoms with van der Waals surface area (Å²) in [6.07, 6.45) is 2.99. The lowest BCUT2D eigenvalue weighted by Crippen LogP contribution is -2.44. The first kappa shape index (κ1) is 15.1. The molecule has 4 nitrogen and oxygen atoms in total. The van der Waals surface area contributed by atoms with Crippen LogP contribution in [0.4, 0.5) is 0 Å². The summed E-state index contributed by atoms with van der Waals surface area (Å²) in [5.74, 6) is 0.634. The maximum absolute atomic E-state index is 11.9. The van der Waals surface area contributed by atoms with E-state index in [1.165, 1.54) is 7.11 Å². The van der Waals surface area contributed by atoms with Gasteiger partial charge in [0.05, 0.1) is 14.2 Å². The standard InChI is InChI=1S/C15H20ClNO3/c1-19-14-7-6-12(16)9-11(14)10-17-8-4-3-5-13(17)15(18)20-2/h6-7,9,13H,3-5,8,10H2,1-2H3/t13-/m1/s1. The third kappa shape index (κ3) is 3.44. The van der Waals surface area contributed by atoms with Gasteiger partial charge in [0, 0.05) is 17.1 Å². The summed E-state index contributed by atoms with van der Waals surface area (Å²) < 4.78 is 10.3. The second kappa shape index (κ2) is 6.95. The van der Waals surface area contributed by atoms with E-state index in [-0.39, 0.29) is 12.0 Å². The van der Waals surface area contributed by atoms with Crippen LogP contribution in [0.2, 0.25) is 5.02 Å². The zero-order valence-electron chi connectivity index (χ0n) is 11.9. The van der Waals surface area contributed by atoms with Crippen molar-refractivity contribution >= 4 is 17.6 Å². The first-order chi connectivity index (χ1) is 9.65. The van der Waals surface area contributed by atoms with Gasteiger partial charge in [-0.3, -0.25) is 9.69 Å². The Morgan fingerprint density at radius 2 is 2.20 bits per heavy atom. The Labute approximate surface area is 124 Å². The van der Waals surface area contributed by atoms with E-state index in [1.54, 1.807) is 13.2 Å². The van der Waals surface area contributed by atoms with Crippen LogP contribution in [0, 0.1) is 0 Å². The number of esters is 1. The molecule has 110 valence electrons. The Kier molecular flexibility index (Phi) is 5.26. The number of likely N-dealkylation sites (tertiary alicyclic amines) is 1. The van der Waals surface area contributed by atoms with Crippen LogP contribution in [0.5, 0.6) is 5.75 Å². The minimum atomic E-state index is -0.169. The van der Waals surface area contributed by atoms with Crippen molar-refractivity contribution in [2.45, 2.75) is 31.8 Å². The summed E-state index contributed by atoms with van der Waals surface area (Å²) in [7, 11) is 3.08. The van der Waals surface area contributed by atoms with Gasteiger partial charge in [0.2, 0.25) is 0 Å². The van der Waals surface area contributed by atoms with Crippen LogP contribution in [-0.2, 0) is 16.1 Å². The molecular formula is C15H20ClNO3. The highest BCUT2D eigenvalue weighted by atomic mass is 35.5. The number of methoxy groups -OCH3 is 2. The van der Waals surface area contributed by atoms with Crippen LogP contribution in [0.15, 0.2) is 18.2 Å². The van der Waals surface area contributed by atoms with Crippen molar-refractivity contribution in [1.82, 2.24) is 4.90 Å². The predicted molar refractivity (Wildman–Crippen MR) is 78.1 cm³/mol. The van der Waals surface area contributed by atoms with Crippen LogP contribution < -0.4 is 4.74 Å². The number of hydrogen-bond acceptors (Lipinski definition) is 4.